The van der Waals surface area contributed by atoms with Crippen molar-refractivity contribution in [1.29, 1.82) is 0 Å². The van der Waals surface area contributed by atoms with Gasteiger partial charge >= 0.3 is 0 Å². The van der Waals surface area contributed by atoms with Gasteiger partial charge in [0, 0.05) is 26.2 Å². The highest BCUT2D eigenvalue weighted by Gasteiger charge is 2.31. The van der Waals surface area contributed by atoms with E-state index in [1.807, 2.05) is 67.7 Å². The summed E-state index contributed by atoms with van der Waals surface area (Å²) in [5.41, 5.74) is 1.98. The first kappa shape index (κ1) is 24.9. The zero-order chi connectivity index (χ0) is 23.5. The molecule has 2 amide bonds. The zero-order valence-corrected chi connectivity index (χ0v) is 20.1. The Morgan fingerprint density at radius 2 is 1.58 bits per heavy atom. The van der Waals surface area contributed by atoms with Crippen molar-refractivity contribution in [2.45, 2.75) is 38.8 Å². The van der Waals surface area contributed by atoms with Crippen LogP contribution in [0.3, 0.4) is 0 Å². The molecule has 6 nitrogen and oxygen atoms in total. The number of nitrogens with one attached hydrogen (secondary N) is 1. The number of nitrogens with zero attached hydrogens (tertiary/aromatic N) is 3. The number of likely N-dealkylation sites (tertiary alicyclic amines) is 1. The second kappa shape index (κ2) is 13.1. The van der Waals surface area contributed by atoms with Crippen LogP contribution in [0.1, 0.15) is 30.9 Å². The van der Waals surface area contributed by atoms with Gasteiger partial charge in [0.2, 0.25) is 11.8 Å². The third kappa shape index (κ3) is 7.98. The molecule has 33 heavy (non-hydrogen) atoms. The average molecular weight is 451 g/mol. The number of rotatable bonds is 12. The largest absolute Gasteiger partial charge is 0.353 e. The summed E-state index contributed by atoms with van der Waals surface area (Å²) in [6, 6.07) is 19.1. The number of hydrogen-bond donors (Lipinski definition) is 1. The molecule has 0 radical (unpaired) electrons. The topological polar surface area (TPSA) is 55.9 Å². The summed E-state index contributed by atoms with van der Waals surface area (Å²) in [7, 11) is 1.99. The average Bonchev–Trinajstić information content (AvgIpc) is 3.36. The Bertz CT molecular complexity index is 853. The molecule has 178 valence electrons. The Kier molecular flexibility index (Phi) is 9.91. The first-order valence-corrected chi connectivity index (χ1v) is 12.1. The van der Waals surface area contributed by atoms with Gasteiger partial charge in [-0.25, -0.2) is 0 Å². The minimum Gasteiger partial charge on any atom is -0.353 e. The number of carbonyl (C=O) groups excluding carboxylic acids is 2. The third-order valence-corrected chi connectivity index (χ3v) is 6.34. The van der Waals surface area contributed by atoms with Crippen LogP contribution in [0.15, 0.2) is 60.7 Å². The molecule has 0 aliphatic carbocycles. The highest BCUT2D eigenvalue weighted by atomic mass is 16.2. The molecule has 1 saturated heterocycles. The van der Waals surface area contributed by atoms with Crippen molar-refractivity contribution in [2.75, 3.05) is 46.3 Å². The molecule has 1 fully saturated rings. The molecule has 0 bridgehead atoms. The van der Waals surface area contributed by atoms with Crippen LogP contribution >= 0.6 is 0 Å². The van der Waals surface area contributed by atoms with Gasteiger partial charge in [0.15, 0.2) is 0 Å². The standard InChI is InChI=1S/C27H38N4O2/c1-3-29(2)22-25(27(33)28-16-19-30-17-10-11-18-30)31(21-24-14-8-5-9-15-24)26(32)20-23-12-6-4-7-13-23/h4-9,12-15,25H,3,10-11,16-22H2,1-2H3,(H,28,33). The van der Waals surface area contributed by atoms with E-state index >= 15 is 0 Å². The summed E-state index contributed by atoms with van der Waals surface area (Å²) in [6.45, 7) is 7.46. The van der Waals surface area contributed by atoms with Gasteiger partial charge in [-0.2, -0.15) is 0 Å². The van der Waals surface area contributed by atoms with Crippen molar-refractivity contribution in [3.8, 4) is 0 Å². The van der Waals surface area contributed by atoms with Crippen LogP contribution in [0.2, 0.25) is 0 Å². The Labute approximate surface area is 198 Å². The lowest BCUT2D eigenvalue weighted by atomic mass is 10.1. The van der Waals surface area contributed by atoms with Crippen molar-refractivity contribution >= 4 is 11.8 Å². The number of likely N-dealkylation sites (N-methyl/N-ethyl adjacent to an activating group) is 1. The summed E-state index contributed by atoms with van der Waals surface area (Å²) in [4.78, 5) is 33.2. The minimum atomic E-state index is -0.551. The highest BCUT2D eigenvalue weighted by molar-refractivity contribution is 5.88. The van der Waals surface area contributed by atoms with Gasteiger partial charge in [0.25, 0.3) is 0 Å². The van der Waals surface area contributed by atoms with E-state index in [4.69, 9.17) is 0 Å². The molecule has 1 aliphatic heterocycles. The number of carbonyl (C=O) groups is 2. The lowest BCUT2D eigenvalue weighted by Gasteiger charge is -2.34. The first-order valence-electron chi connectivity index (χ1n) is 12.1. The number of hydrogen-bond acceptors (Lipinski definition) is 4. The van der Waals surface area contributed by atoms with Gasteiger partial charge in [0.1, 0.15) is 6.04 Å². The summed E-state index contributed by atoms with van der Waals surface area (Å²) in [6.07, 6.45) is 2.74. The van der Waals surface area contributed by atoms with Crippen LogP contribution in [0.25, 0.3) is 0 Å². The number of amides is 2. The van der Waals surface area contributed by atoms with Gasteiger partial charge in [-0.3, -0.25) is 9.59 Å². The molecule has 1 atom stereocenters. The van der Waals surface area contributed by atoms with Crippen molar-refractivity contribution in [3.05, 3.63) is 71.8 Å². The minimum absolute atomic E-state index is 0.0331. The van der Waals surface area contributed by atoms with Gasteiger partial charge in [-0.1, -0.05) is 67.6 Å². The molecule has 0 saturated carbocycles. The monoisotopic (exact) mass is 450 g/mol. The molecule has 1 N–H and O–H groups in total. The van der Waals surface area contributed by atoms with Gasteiger partial charge in [0.05, 0.1) is 6.42 Å². The van der Waals surface area contributed by atoms with Crippen LogP contribution < -0.4 is 5.32 Å². The maximum absolute atomic E-state index is 13.5. The Morgan fingerprint density at radius 1 is 0.970 bits per heavy atom. The number of benzene rings is 2. The maximum atomic E-state index is 13.5. The molecular weight excluding hydrogens is 412 g/mol. The van der Waals surface area contributed by atoms with Crippen LogP contribution in [0.4, 0.5) is 0 Å². The van der Waals surface area contributed by atoms with E-state index in [-0.39, 0.29) is 18.2 Å². The Balaban J connectivity index is 1.77. The fourth-order valence-corrected chi connectivity index (χ4v) is 4.23. The van der Waals surface area contributed by atoms with Gasteiger partial charge in [-0.05, 0) is 50.7 Å². The lowest BCUT2D eigenvalue weighted by molar-refractivity contribution is -0.141. The van der Waals surface area contributed by atoms with Crippen LogP contribution in [0.5, 0.6) is 0 Å². The molecular formula is C27H38N4O2. The van der Waals surface area contributed by atoms with Crippen LogP contribution in [-0.4, -0.2) is 78.9 Å². The smallest absolute Gasteiger partial charge is 0.244 e. The molecule has 0 aromatic heterocycles. The molecule has 3 rings (SSSR count). The quantitative estimate of drug-likeness (QED) is 0.540. The second-order valence-electron chi connectivity index (χ2n) is 8.88. The molecule has 0 spiro atoms. The summed E-state index contributed by atoms with van der Waals surface area (Å²) in [5, 5.41) is 3.12. The van der Waals surface area contributed by atoms with Crippen LogP contribution in [0, 0.1) is 0 Å². The van der Waals surface area contributed by atoms with Crippen LogP contribution in [-0.2, 0) is 22.6 Å². The fourth-order valence-electron chi connectivity index (χ4n) is 4.23. The Hall–Kier alpha value is -2.70. The zero-order valence-electron chi connectivity index (χ0n) is 20.1. The lowest BCUT2D eigenvalue weighted by Crippen LogP contribution is -2.55. The highest BCUT2D eigenvalue weighted by Crippen LogP contribution is 2.14. The molecule has 2 aromatic carbocycles. The van der Waals surface area contributed by atoms with Crippen molar-refractivity contribution in [1.82, 2.24) is 20.0 Å². The SMILES string of the molecule is CCN(C)CC(C(=O)NCCN1CCCC1)N(Cc1ccccc1)C(=O)Cc1ccccc1. The third-order valence-electron chi connectivity index (χ3n) is 6.34. The second-order valence-corrected chi connectivity index (χ2v) is 8.88. The van der Waals surface area contributed by atoms with Crippen molar-refractivity contribution < 1.29 is 9.59 Å². The Morgan fingerprint density at radius 3 is 2.18 bits per heavy atom. The first-order chi connectivity index (χ1) is 16.1. The molecule has 2 aromatic rings. The predicted octanol–water partition coefficient (Wildman–Crippen LogP) is 2.79. The van der Waals surface area contributed by atoms with E-state index in [2.05, 4.69) is 22.0 Å². The predicted molar refractivity (Wildman–Crippen MR) is 133 cm³/mol. The van der Waals surface area contributed by atoms with E-state index in [0.717, 1.165) is 37.3 Å². The normalized spacial score (nSPS) is 14.9. The molecule has 6 heteroatoms. The van der Waals surface area contributed by atoms with Crippen molar-refractivity contribution in [2.24, 2.45) is 0 Å². The molecule has 1 heterocycles. The van der Waals surface area contributed by atoms with Gasteiger partial charge < -0.3 is 20.0 Å². The van der Waals surface area contributed by atoms with Gasteiger partial charge in [-0.15, -0.1) is 0 Å². The van der Waals surface area contributed by atoms with E-state index in [1.165, 1.54) is 12.8 Å². The fraction of sp³-hybridized carbons (Fsp3) is 0.481. The summed E-state index contributed by atoms with van der Waals surface area (Å²) in [5.74, 6) is -0.110. The molecule has 1 aliphatic rings. The van der Waals surface area contributed by atoms with E-state index in [9.17, 15) is 9.59 Å². The summed E-state index contributed by atoms with van der Waals surface area (Å²) >= 11 is 0. The van der Waals surface area contributed by atoms with E-state index < -0.39 is 6.04 Å². The molecule has 1 unspecified atom stereocenters. The van der Waals surface area contributed by atoms with Crippen molar-refractivity contribution in [3.63, 3.8) is 0 Å². The van der Waals surface area contributed by atoms with E-state index in [0.29, 0.717) is 19.6 Å². The van der Waals surface area contributed by atoms with E-state index in [1.54, 1.807) is 4.90 Å². The summed E-state index contributed by atoms with van der Waals surface area (Å²) < 4.78 is 0. The maximum Gasteiger partial charge on any atom is 0.244 e.